The number of carbonyl (C=O) groups is 1. The van der Waals surface area contributed by atoms with Crippen LogP contribution in [-0.2, 0) is 13.0 Å². The molecule has 8 nitrogen and oxygen atoms in total. The van der Waals surface area contributed by atoms with E-state index in [9.17, 15) is 14.9 Å². The van der Waals surface area contributed by atoms with Crippen molar-refractivity contribution in [2.45, 2.75) is 20.0 Å². The summed E-state index contributed by atoms with van der Waals surface area (Å²) in [5.41, 5.74) is 0.0520. The van der Waals surface area contributed by atoms with Crippen LogP contribution in [0.2, 0.25) is 0 Å². The first-order valence-electron chi connectivity index (χ1n) is 5.81. The monoisotopic (exact) mass is 277 g/mol. The molecular formula is C12H11N3O5. The Morgan fingerprint density at radius 2 is 2.15 bits per heavy atom. The molecule has 1 aromatic heterocycles. The number of benzene rings is 1. The Morgan fingerprint density at radius 1 is 1.40 bits per heavy atom. The highest BCUT2D eigenvalue weighted by Crippen LogP contribution is 2.28. The molecule has 0 unspecified atom stereocenters. The summed E-state index contributed by atoms with van der Waals surface area (Å²) in [6.45, 7) is 1.76. The largest absolute Gasteiger partial charge is 0.477 e. The molecule has 0 fully saturated rings. The minimum atomic E-state index is -0.588. The van der Waals surface area contributed by atoms with Crippen LogP contribution in [0.4, 0.5) is 5.69 Å². The molecule has 0 radical (unpaired) electrons. The molecule has 0 saturated carbocycles. The molecular weight excluding hydrogens is 266 g/mol. The second-order valence-corrected chi connectivity index (χ2v) is 3.83. The summed E-state index contributed by atoms with van der Waals surface area (Å²) in [5, 5.41) is 18.4. The van der Waals surface area contributed by atoms with Crippen LogP contribution in [0.3, 0.4) is 0 Å². The fraction of sp³-hybridized carbons (Fsp3) is 0.250. The number of carbonyl (C=O) groups excluding carboxylic acids is 1. The molecule has 2 rings (SSSR count). The first-order chi connectivity index (χ1) is 9.63. The van der Waals surface area contributed by atoms with Crippen LogP contribution in [0, 0.1) is 10.1 Å². The van der Waals surface area contributed by atoms with E-state index in [0.717, 1.165) is 0 Å². The van der Waals surface area contributed by atoms with Crippen LogP contribution in [0.5, 0.6) is 5.75 Å². The molecule has 8 heteroatoms. The number of nitro groups is 1. The number of hydrogen-bond donors (Lipinski definition) is 0. The molecule has 0 atom stereocenters. The Hall–Kier alpha value is -2.77. The number of ether oxygens (including phenoxy) is 1. The van der Waals surface area contributed by atoms with Gasteiger partial charge in [-0.25, -0.2) is 0 Å². The molecule has 20 heavy (non-hydrogen) atoms. The molecule has 0 spiro atoms. The highest BCUT2D eigenvalue weighted by atomic mass is 16.6. The lowest BCUT2D eigenvalue weighted by atomic mass is 10.2. The zero-order valence-corrected chi connectivity index (χ0v) is 10.6. The molecule has 0 aliphatic heterocycles. The van der Waals surface area contributed by atoms with Crippen molar-refractivity contribution in [1.29, 1.82) is 0 Å². The van der Waals surface area contributed by atoms with Crippen LogP contribution >= 0.6 is 0 Å². The van der Waals surface area contributed by atoms with Gasteiger partial charge < -0.3 is 9.15 Å². The van der Waals surface area contributed by atoms with Crippen molar-refractivity contribution < 1.29 is 18.9 Å². The third kappa shape index (κ3) is 2.97. The second kappa shape index (κ2) is 5.91. The van der Waals surface area contributed by atoms with Gasteiger partial charge in [-0.2, -0.15) is 0 Å². The summed E-state index contributed by atoms with van der Waals surface area (Å²) >= 11 is 0. The highest BCUT2D eigenvalue weighted by molar-refractivity contribution is 5.76. The van der Waals surface area contributed by atoms with E-state index in [1.807, 2.05) is 6.92 Å². The van der Waals surface area contributed by atoms with Gasteiger partial charge in [-0.1, -0.05) is 6.92 Å². The van der Waals surface area contributed by atoms with E-state index >= 15 is 0 Å². The molecule has 0 saturated heterocycles. The Labute approximate surface area is 113 Å². The lowest BCUT2D eigenvalue weighted by Crippen LogP contribution is -2.00. The molecule has 0 bridgehead atoms. The van der Waals surface area contributed by atoms with Crippen molar-refractivity contribution in [1.82, 2.24) is 10.2 Å². The SMILES string of the molecule is CCc1nnc(COc2cc(C=O)ccc2[N+](=O)[O-])o1. The summed E-state index contributed by atoms with van der Waals surface area (Å²) in [6.07, 6.45) is 1.17. The topological polar surface area (TPSA) is 108 Å². The average Bonchev–Trinajstić information content (AvgIpc) is 2.92. The maximum Gasteiger partial charge on any atom is 0.310 e. The van der Waals surface area contributed by atoms with Crippen molar-refractivity contribution in [3.63, 3.8) is 0 Å². The van der Waals surface area contributed by atoms with E-state index < -0.39 is 4.92 Å². The number of hydrogen-bond acceptors (Lipinski definition) is 7. The van der Waals surface area contributed by atoms with Crippen molar-refractivity contribution >= 4 is 12.0 Å². The Balaban J connectivity index is 2.18. The van der Waals surface area contributed by atoms with Gasteiger partial charge in [-0.3, -0.25) is 14.9 Å². The molecule has 1 heterocycles. The second-order valence-electron chi connectivity index (χ2n) is 3.83. The van der Waals surface area contributed by atoms with Gasteiger partial charge in [0.05, 0.1) is 4.92 Å². The number of nitrogens with zero attached hydrogens (tertiary/aromatic N) is 3. The number of nitro benzene ring substituents is 1. The van der Waals surface area contributed by atoms with Gasteiger partial charge in [0.15, 0.2) is 12.4 Å². The van der Waals surface area contributed by atoms with E-state index in [2.05, 4.69) is 10.2 Å². The van der Waals surface area contributed by atoms with Crippen LogP contribution in [-0.4, -0.2) is 21.4 Å². The predicted octanol–water partition coefficient (Wildman–Crippen LogP) is 1.93. The predicted molar refractivity (Wildman–Crippen MR) is 66.5 cm³/mol. The van der Waals surface area contributed by atoms with Gasteiger partial charge in [0, 0.05) is 18.1 Å². The van der Waals surface area contributed by atoms with Crippen LogP contribution in [0.1, 0.15) is 29.1 Å². The molecule has 1 aromatic carbocycles. The van der Waals surface area contributed by atoms with Gasteiger partial charge in [0.25, 0.3) is 5.89 Å². The van der Waals surface area contributed by atoms with Crippen LogP contribution < -0.4 is 4.74 Å². The van der Waals surface area contributed by atoms with Gasteiger partial charge in [-0.05, 0) is 12.1 Å². The smallest absolute Gasteiger partial charge is 0.310 e. The number of aryl methyl sites for hydroxylation is 1. The lowest BCUT2D eigenvalue weighted by molar-refractivity contribution is -0.386. The first-order valence-corrected chi connectivity index (χ1v) is 5.81. The van der Waals surface area contributed by atoms with Crippen molar-refractivity contribution in [3.05, 3.63) is 45.7 Å². The summed E-state index contributed by atoms with van der Waals surface area (Å²) in [5.74, 6) is 0.656. The van der Waals surface area contributed by atoms with Gasteiger partial charge in [0.1, 0.15) is 6.29 Å². The molecule has 0 amide bonds. The van der Waals surface area contributed by atoms with Crippen molar-refractivity contribution in [2.75, 3.05) is 0 Å². The quantitative estimate of drug-likeness (QED) is 0.450. The van der Waals surface area contributed by atoms with Crippen LogP contribution in [0.25, 0.3) is 0 Å². The third-order valence-corrected chi connectivity index (χ3v) is 2.48. The summed E-state index contributed by atoms with van der Waals surface area (Å²) < 4.78 is 10.5. The lowest BCUT2D eigenvalue weighted by Gasteiger charge is -2.04. The number of aldehydes is 1. The van der Waals surface area contributed by atoms with Gasteiger partial charge in [-0.15, -0.1) is 10.2 Å². The van der Waals surface area contributed by atoms with Crippen molar-refractivity contribution in [3.8, 4) is 5.75 Å². The molecule has 0 aliphatic carbocycles. The minimum Gasteiger partial charge on any atom is -0.477 e. The van der Waals surface area contributed by atoms with E-state index in [0.29, 0.717) is 18.6 Å². The normalized spacial score (nSPS) is 10.2. The highest BCUT2D eigenvalue weighted by Gasteiger charge is 2.16. The van der Waals surface area contributed by atoms with E-state index in [-0.39, 0.29) is 29.5 Å². The molecule has 0 aliphatic rings. The fourth-order valence-corrected chi connectivity index (χ4v) is 1.50. The third-order valence-electron chi connectivity index (χ3n) is 2.48. The zero-order valence-electron chi connectivity index (χ0n) is 10.6. The zero-order chi connectivity index (χ0) is 14.5. The standard InChI is InChI=1S/C12H11N3O5/c1-2-11-13-14-12(20-11)7-19-10-5-8(6-16)3-4-9(10)15(17)18/h3-6H,2,7H2,1H3. The first kappa shape index (κ1) is 13.7. The van der Waals surface area contributed by atoms with Gasteiger partial charge in [0.2, 0.25) is 5.89 Å². The van der Waals surface area contributed by atoms with Crippen LogP contribution in [0.15, 0.2) is 22.6 Å². The number of aromatic nitrogens is 2. The van der Waals surface area contributed by atoms with Crippen molar-refractivity contribution in [2.24, 2.45) is 0 Å². The van der Waals surface area contributed by atoms with E-state index in [4.69, 9.17) is 9.15 Å². The average molecular weight is 277 g/mol. The van der Waals surface area contributed by atoms with E-state index in [1.165, 1.54) is 18.2 Å². The summed E-state index contributed by atoms with van der Waals surface area (Å²) in [6, 6.07) is 3.85. The maximum absolute atomic E-state index is 10.9. The Bertz CT molecular complexity index is 638. The number of rotatable bonds is 6. The minimum absolute atomic E-state index is 0.0177. The maximum atomic E-state index is 10.9. The molecule has 2 aromatic rings. The Kier molecular flexibility index (Phi) is 4.04. The Morgan fingerprint density at radius 3 is 2.75 bits per heavy atom. The summed E-state index contributed by atoms with van der Waals surface area (Å²) in [7, 11) is 0. The molecule has 104 valence electrons. The molecule has 0 N–H and O–H groups in total. The van der Waals surface area contributed by atoms with E-state index in [1.54, 1.807) is 0 Å². The fourth-order valence-electron chi connectivity index (χ4n) is 1.50. The summed E-state index contributed by atoms with van der Waals surface area (Å²) in [4.78, 5) is 21.0. The van der Waals surface area contributed by atoms with Gasteiger partial charge >= 0.3 is 5.69 Å².